The van der Waals surface area contributed by atoms with Gasteiger partial charge in [0.25, 0.3) is 0 Å². The molecule has 0 bridgehead atoms. The van der Waals surface area contributed by atoms with Gasteiger partial charge in [0, 0.05) is 36.6 Å². The summed E-state index contributed by atoms with van der Waals surface area (Å²) in [4.78, 5) is 0. The van der Waals surface area contributed by atoms with Crippen LogP contribution in [0.2, 0.25) is 0 Å². The van der Waals surface area contributed by atoms with E-state index in [1.54, 1.807) is 0 Å². The van der Waals surface area contributed by atoms with Crippen LogP contribution in [0, 0.1) is 0 Å². The predicted molar refractivity (Wildman–Crippen MR) is 131 cm³/mol. The number of nitrogens with zero attached hydrogens (tertiary/aromatic N) is 1. The molecule has 2 heteroatoms. The molecule has 7 aromatic rings. The lowest BCUT2D eigenvalue weighted by atomic mass is 10.0. The highest BCUT2D eigenvalue weighted by Crippen LogP contribution is 2.41. The molecule has 0 radical (unpaired) electrons. The fourth-order valence-corrected chi connectivity index (χ4v) is 5.99. The molecule has 5 aromatic carbocycles. The smallest absolute Gasteiger partial charge is 0.0547 e. The Balaban J connectivity index is 1.73. The van der Waals surface area contributed by atoms with E-state index in [1.165, 1.54) is 58.4 Å². The molecular weight excluding hydrogens is 382 g/mol. The van der Waals surface area contributed by atoms with Crippen molar-refractivity contribution in [3.05, 3.63) is 103 Å². The van der Waals surface area contributed by atoms with E-state index in [9.17, 15) is 0 Å². The van der Waals surface area contributed by atoms with Gasteiger partial charge < -0.3 is 4.57 Å². The van der Waals surface area contributed by atoms with E-state index in [2.05, 4.69) is 108 Å². The molecule has 0 atom stereocenters. The molecule has 2 aromatic heterocycles. The normalized spacial score (nSPS) is 12.0. The minimum atomic E-state index is 1.20. The minimum absolute atomic E-state index is 1.20. The second-order valence-corrected chi connectivity index (χ2v) is 8.90. The van der Waals surface area contributed by atoms with E-state index in [-0.39, 0.29) is 0 Å². The molecule has 30 heavy (non-hydrogen) atoms. The van der Waals surface area contributed by atoms with Gasteiger partial charge in [-0.2, -0.15) is 0 Å². The molecule has 0 aliphatic rings. The zero-order valence-electron chi connectivity index (χ0n) is 16.2. The van der Waals surface area contributed by atoms with Crippen LogP contribution in [0.5, 0.6) is 0 Å². The maximum absolute atomic E-state index is 2.40. The standard InChI is InChI=1S/C28H17NS/c1-2-8-19(9-3-1)29-24-12-6-4-10-20(24)23-16-18-14-15-27-28(22(18)17-25(23)29)21-11-5-7-13-26(21)30-27/h1-17H. The Morgan fingerprint density at radius 3 is 2.17 bits per heavy atom. The van der Waals surface area contributed by atoms with Gasteiger partial charge >= 0.3 is 0 Å². The van der Waals surface area contributed by atoms with Crippen molar-refractivity contribution in [2.75, 3.05) is 0 Å². The number of benzene rings is 5. The van der Waals surface area contributed by atoms with Crippen molar-refractivity contribution in [1.29, 1.82) is 0 Å². The van der Waals surface area contributed by atoms with Crippen LogP contribution < -0.4 is 0 Å². The monoisotopic (exact) mass is 399 g/mol. The molecule has 7 rings (SSSR count). The first-order valence-electron chi connectivity index (χ1n) is 10.2. The highest BCUT2D eigenvalue weighted by Gasteiger charge is 2.15. The molecule has 0 aliphatic heterocycles. The largest absolute Gasteiger partial charge is 0.309 e. The molecule has 0 amide bonds. The molecule has 0 spiro atoms. The Morgan fingerprint density at radius 1 is 0.500 bits per heavy atom. The Bertz CT molecular complexity index is 1740. The first-order valence-corrected chi connectivity index (χ1v) is 11.0. The molecule has 2 heterocycles. The summed E-state index contributed by atoms with van der Waals surface area (Å²) in [5.41, 5.74) is 3.71. The Kier molecular flexibility index (Phi) is 3.21. The van der Waals surface area contributed by atoms with Gasteiger partial charge in [-0.15, -0.1) is 11.3 Å². The maximum Gasteiger partial charge on any atom is 0.0547 e. The Hall–Kier alpha value is -3.62. The number of thiophene rings is 1. The summed E-state index contributed by atoms with van der Waals surface area (Å²) in [6.45, 7) is 0. The van der Waals surface area contributed by atoms with Crippen LogP contribution in [-0.4, -0.2) is 4.57 Å². The molecule has 0 N–H and O–H groups in total. The second kappa shape index (κ2) is 5.94. The van der Waals surface area contributed by atoms with Crippen LogP contribution in [0.15, 0.2) is 103 Å². The number of aromatic nitrogens is 1. The lowest BCUT2D eigenvalue weighted by molar-refractivity contribution is 1.18. The summed E-state index contributed by atoms with van der Waals surface area (Å²) in [5, 5.41) is 7.96. The van der Waals surface area contributed by atoms with E-state index < -0.39 is 0 Å². The highest BCUT2D eigenvalue weighted by molar-refractivity contribution is 7.26. The third kappa shape index (κ3) is 2.11. The highest BCUT2D eigenvalue weighted by atomic mass is 32.1. The van der Waals surface area contributed by atoms with Gasteiger partial charge in [0.2, 0.25) is 0 Å². The van der Waals surface area contributed by atoms with Crippen molar-refractivity contribution < 1.29 is 0 Å². The average molecular weight is 400 g/mol. The number of hydrogen-bond acceptors (Lipinski definition) is 1. The SMILES string of the molecule is c1ccc(-n2c3ccccc3c3cc4ccc5sc6ccccc6c5c4cc32)cc1. The Labute approximate surface area is 177 Å². The molecule has 1 nitrogen and oxygen atoms in total. The van der Waals surface area contributed by atoms with Crippen LogP contribution >= 0.6 is 11.3 Å². The fourth-order valence-electron chi connectivity index (χ4n) is 4.87. The quantitative estimate of drug-likeness (QED) is 0.262. The first kappa shape index (κ1) is 16.2. The van der Waals surface area contributed by atoms with Gasteiger partial charge in [0.1, 0.15) is 0 Å². The molecule has 0 aliphatic carbocycles. The summed E-state index contributed by atoms with van der Waals surface area (Å²) in [6, 6.07) is 37.5. The van der Waals surface area contributed by atoms with Crippen LogP contribution in [0.4, 0.5) is 0 Å². The molecule has 0 fully saturated rings. The lowest BCUT2D eigenvalue weighted by Crippen LogP contribution is -1.92. The molecular formula is C28H17NS. The van der Waals surface area contributed by atoms with E-state index in [4.69, 9.17) is 0 Å². The summed E-state index contributed by atoms with van der Waals surface area (Å²) >= 11 is 1.88. The van der Waals surface area contributed by atoms with E-state index in [1.807, 2.05) is 11.3 Å². The molecule has 0 saturated heterocycles. The van der Waals surface area contributed by atoms with Crippen molar-refractivity contribution in [3.63, 3.8) is 0 Å². The van der Waals surface area contributed by atoms with Crippen LogP contribution in [0.25, 0.3) is 58.4 Å². The van der Waals surface area contributed by atoms with Crippen LogP contribution in [0.1, 0.15) is 0 Å². The van der Waals surface area contributed by atoms with Crippen LogP contribution in [0.3, 0.4) is 0 Å². The van der Waals surface area contributed by atoms with Crippen molar-refractivity contribution in [2.24, 2.45) is 0 Å². The average Bonchev–Trinajstić information content (AvgIpc) is 3.34. The van der Waals surface area contributed by atoms with Crippen molar-refractivity contribution in [2.45, 2.75) is 0 Å². The van der Waals surface area contributed by atoms with Gasteiger partial charge in [0.05, 0.1) is 11.0 Å². The summed E-state index contributed by atoms with van der Waals surface area (Å²) in [7, 11) is 0. The van der Waals surface area contributed by atoms with Gasteiger partial charge in [0.15, 0.2) is 0 Å². The molecule has 140 valence electrons. The van der Waals surface area contributed by atoms with Crippen molar-refractivity contribution in [1.82, 2.24) is 4.57 Å². The second-order valence-electron chi connectivity index (χ2n) is 7.82. The van der Waals surface area contributed by atoms with Crippen molar-refractivity contribution in [3.8, 4) is 5.69 Å². The zero-order chi connectivity index (χ0) is 19.7. The number of fused-ring (bicyclic) bond motifs is 8. The summed E-state index contributed by atoms with van der Waals surface area (Å²) in [6.07, 6.45) is 0. The van der Waals surface area contributed by atoms with E-state index in [0.717, 1.165) is 0 Å². The third-order valence-corrected chi connectivity index (χ3v) is 7.30. The number of para-hydroxylation sites is 2. The van der Waals surface area contributed by atoms with E-state index in [0.29, 0.717) is 0 Å². The summed E-state index contributed by atoms with van der Waals surface area (Å²) < 4.78 is 5.10. The number of hydrogen-bond donors (Lipinski definition) is 0. The van der Waals surface area contributed by atoms with Crippen molar-refractivity contribution >= 4 is 64.1 Å². The van der Waals surface area contributed by atoms with Gasteiger partial charge in [-0.3, -0.25) is 0 Å². The van der Waals surface area contributed by atoms with Crippen LogP contribution in [-0.2, 0) is 0 Å². The van der Waals surface area contributed by atoms with Gasteiger partial charge in [-0.05, 0) is 53.2 Å². The topological polar surface area (TPSA) is 4.93 Å². The maximum atomic E-state index is 2.40. The molecule has 0 unspecified atom stereocenters. The minimum Gasteiger partial charge on any atom is -0.309 e. The summed E-state index contributed by atoms with van der Waals surface area (Å²) in [5.74, 6) is 0. The lowest BCUT2D eigenvalue weighted by Gasteiger charge is -2.08. The Morgan fingerprint density at radius 2 is 1.27 bits per heavy atom. The predicted octanol–water partition coefficient (Wildman–Crippen LogP) is 8.30. The van der Waals surface area contributed by atoms with Gasteiger partial charge in [-0.25, -0.2) is 0 Å². The first-order chi connectivity index (χ1) is 14.9. The third-order valence-electron chi connectivity index (χ3n) is 6.16. The van der Waals surface area contributed by atoms with Gasteiger partial charge in [-0.1, -0.05) is 60.7 Å². The zero-order valence-corrected chi connectivity index (χ0v) is 17.0. The van der Waals surface area contributed by atoms with E-state index >= 15 is 0 Å². The molecule has 0 saturated carbocycles. The number of rotatable bonds is 1. The fraction of sp³-hybridized carbons (Fsp3) is 0.